The summed E-state index contributed by atoms with van der Waals surface area (Å²) >= 11 is 2.21. The number of nitrogens with zero attached hydrogens (tertiary/aromatic N) is 2. The van der Waals surface area contributed by atoms with Gasteiger partial charge in [0.1, 0.15) is 0 Å². The van der Waals surface area contributed by atoms with Crippen molar-refractivity contribution in [3.05, 3.63) is 0 Å². The predicted molar refractivity (Wildman–Crippen MR) is 92.3 cm³/mol. The molecular weight excluding hydrogens is 282 g/mol. The van der Waals surface area contributed by atoms with E-state index < -0.39 is 0 Å². The predicted octanol–water partition coefficient (Wildman–Crippen LogP) is 2.74. The van der Waals surface area contributed by atoms with Gasteiger partial charge in [-0.2, -0.15) is 11.8 Å². The molecule has 4 nitrogen and oxygen atoms in total. The molecule has 122 valence electrons. The maximum absolute atomic E-state index is 5.39. The molecule has 2 fully saturated rings. The first-order chi connectivity index (χ1) is 10.3. The van der Waals surface area contributed by atoms with E-state index in [4.69, 9.17) is 4.74 Å². The van der Waals surface area contributed by atoms with Crippen molar-refractivity contribution in [2.45, 2.75) is 50.2 Å². The van der Waals surface area contributed by atoms with E-state index in [0.717, 1.165) is 38.7 Å². The molecule has 0 aromatic heterocycles. The highest BCUT2D eigenvalue weighted by Crippen LogP contribution is 2.42. The van der Waals surface area contributed by atoms with Crippen LogP contribution in [0, 0.1) is 0 Å². The molecule has 0 aromatic carbocycles. The highest BCUT2D eigenvalue weighted by molar-refractivity contribution is 8.00. The smallest absolute Gasteiger partial charge is 0.193 e. The molecule has 1 heterocycles. The average molecular weight is 314 g/mol. The zero-order valence-electron chi connectivity index (χ0n) is 13.7. The van der Waals surface area contributed by atoms with Gasteiger partial charge in [0.15, 0.2) is 5.96 Å². The first-order valence-corrected chi connectivity index (χ1v) is 9.45. The van der Waals surface area contributed by atoms with Crippen LogP contribution in [0.5, 0.6) is 0 Å². The molecule has 2 aliphatic rings. The van der Waals surface area contributed by atoms with Gasteiger partial charge in [0, 0.05) is 50.4 Å². The van der Waals surface area contributed by atoms with E-state index in [1.54, 1.807) is 0 Å². The molecule has 5 heteroatoms. The monoisotopic (exact) mass is 313 g/mol. The second-order valence-electron chi connectivity index (χ2n) is 6.04. The molecule has 0 radical (unpaired) electrons. The Balaban J connectivity index is 1.80. The lowest BCUT2D eigenvalue weighted by molar-refractivity contribution is 0.145. The van der Waals surface area contributed by atoms with Gasteiger partial charge in [0.2, 0.25) is 0 Å². The molecule has 1 saturated heterocycles. The zero-order valence-corrected chi connectivity index (χ0v) is 14.5. The summed E-state index contributed by atoms with van der Waals surface area (Å²) in [7, 11) is 1.90. The van der Waals surface area contributed by atoms with E-state index in [1.165, 1.54) is 44.4 Å². The minimum atomic E-state index is 0.499. The number of guanidine groups is 1. The number of hydrogen-bond donors (Lipinski definition) is 1. The van der Waals surface area contributed by atoms with Crippen molar-refractivity contribution in [2.24, 2.45) is 4.99 Å². The van der Waals surface area contributed by atoms with Gasteiger partial charge in [-0.15, -0.1) is 0 Å². The Morgan fingerprint density at radius 1 is 1.33 bits per heavy atom. The summed E-state index contributed by atoms with van der Waals surface area (Å²) in [4.78, 5) is 6.96. The van der Waals surface area contributed by atoms with E-state index in [9.17, 15) is 0 Å². The maximum Gasteiger partial charge on any atom is 0.193 e. The third-order valence-corrected chi connectivity index (χ3v) is 6.01. The Kier molecular flexibility index (Phi) is 7.17. The zero-order chi connectivity index (χ0) is 15.0. The number of aliphatic imine (C=N–C) groups is 1. The number of ether oxygens (including phenoxy) is 1. The number of rotatable bonds is 5. The summed E-state index contributed by atoms with van der Waals surface area (Å²) in [5.41, 5.74) is 0. The van der Waals surface area contributed by atoms with Crippen LogP contribution in [-0.2, 0) is 4.74 Å². The normalized spacial score (nSPS) is 22.6. The van der Waals surface area contributed by atoms with Crippen LogP contribution in [0.2, 0.25) is 0 Å². The minimum absolute atomic E-state index is 0.499. The molecule has 1 aliphatic carbocycles. The maximum atomic E-state index is 5.39. The van der Waals surface area contributed by atoms with Crippen molar-refractivity contribution in [2.75, 3.05) is 45.6 Å². The van der Waals surface area contributed by atoms with Crippen LogP contribution in [0.4, 0.5) is 0 Å². The van der Waals surface area contributed by atoms with Crippen LogP contribution in [-0.4, -0.2) is 61.3 Å². The first kappa shape index (κ1) is 16.9. The Morgan fingerprint density at radius 3 is 2.86 bits per heavy atom. The molecule has 1 saturated carbocycles. The van der Waals surface area contributed by atoms with Gasteiger partial charge in [-0.05, 0) is 26.2 Å². The van der Waals surface area contributed by atoms with Crippen molar-refractivity contribution in [1.82, 2.24) is 10.2 Å². The minimum Gasteiger partial charge on any atom is -0.382 e. The SMILES string of the molecule is CCOCCCNC(=NC)N1CCSC2(CCCCC2)C1. The van der Waals surface area contributed by atoms with Crippen molar-refractivity contribution >= 4 is 17.7 Å². The molecule has 1 aliphatic heterocycles. The summed E-state index contributed by atoms with van der Waals surface area (Å²) in [6, 6.07) is 0. The fraction of sp³-hybridized carbons (Fsp3) is 0.938. The third kappa shape index (κ3) is 5.06. The second kappa shape index (κ2) is 8.89. The Morgan fingerprint density at radius 2 is 2.14 bits per heavy atom. The lowest BCUT2D eigenvalue weighted by atomic mass is 9.87. The molecule has 1 spiro atoms. The van der Waals surface area contributed by atoms with Crippen molar-refractivity contribution in [3.8, 4) is 0 Å². The van der Waals surface area contributed by atoms with Gasteiger partial charge >= 0.3 is 0 Å². The van der Waals surface area contributed by atoms with Crippen LogP contribution >= 0.6 is 11.8 Å². The first-order valence-electron chi connectivity index (χ1n) is 8.47. The lowest BCUT2D eigenvalue weighted by Crippen LogP contribution is -2.53. The molecule has 0 bridgehead atoms. The lowest BCUT2D eigenvalue weighted by Gasteiger charge is -2.45. The van der Waals surface area contributed by atoms with Gasteiger partial charge in [0.05, 0.1) is 0 Å². The summed E-state index contributed by atoms with van der Waals surface area (Å²) in [5, 5.41) is 3.51. The molecule has 0 aromatic rings. The Hall–Kier alpha value is -0.420. The summed E-state index contributed by atoms with van der Waals surface area (Å²) in [5.74, 6) is 2.32. The van der Waals surface area contributed by atoms with Gasteiger partial charge < -0.3 is 15.0 Å². The third-order valence-electron chi connectivity index (χ3n) is 4.48. The summed E-state index contributed by atoms with van der Waals surface area (Å²) in [6.45, 7) is 6.92. The quantitative estimate of drug-likeness (QED) is 0.481. The van der Waals surface area contributed by atoms with Gasteiger partial charge in [-0.3, -0.25) is 4.99 Å². The average Bonchev–Trinajstić information content (AvgIpc) is 2.52. The molecule has 21 heavy (non-hydrogen) atoms. The number of thioether (sulfide) groups is 1. The van der Waals surface area contributed by atoms with Crippen molar-refractivity contribution in [1.29, 1.82) is 0 Å². The molecule has 0 unspecified atom stereocenters. The van der Waals surface area contributed by atoms with E-state index >= 15 is 0 Å². The number of hydrogen-bond acceptors (Lipinski definition) is 3. The fourth-order valence-corrected chi connectivity index (χ4v) is 4.94. The van der Waals surface area contributed by atoms with E-state index in [1.807, 2.05) is 14.0 Å². The summed E-state index contributed by atoms with van der Waals surface area (Å²) in [6.07, 6.45) is 8.04. The van der Waals surface area contributed by atoms with Crippen LogP contribution in [0.15, 0.2) is 4.99 Å². The van der Waals surface area contributed by atoms with Gasteiger partial charge in [-0.1, -0.05) is 19.3 Å². The van der Waals surface area contributed by atoms with E-state index in [-0.39, 0.29) is 0 Å². The standard InChI is InChI=1S/C16H31N3OS/c1-3-20-12-7-10-18-15(17-2)19-11-13-21-16(14-19)8-5-4-6-9-16/h3-14H2,1-2H3,(H,17,18). The molecule has 0 atom stereocenters. The highest BCUT2D eigenvalue weighted by atomic mass is 32.2. The molecule has 2 rings (SSSR count). The molecular formula is C16H31N3OS. The van der Waals surface area contributed by atoms with Crippen LogP contribution in [0.3, 0.4) is 0 Å². The van der Waals surface area contributed by atoms with Crippen molar-refractivity contribution in [3.63, 3.8) is 0 Å². The molecule has 0 amide bonds. The van der Waals surface area contributed by atoms with Crippen LogP contribution in [0.25, 0.3) is 0 Å². The van der Waals surface area contributed by atoms with Crippen LogP contribution < -0.4 is 5.32 Å². The van der Waals surface area contributed by atoms with E-state index in [2.05, 4.69) is 27.0 Å². The summed E-state index contributed by atoms with van der Waals surface area (Å²) < 4.78 is 5.89. The van der Waals surface area contributed by atoms with E-state index in [0.29, 0.717) is 4.75 Å². The second-order valence-corrected chi connectivity index (χ2v) is 7.60. The van der Waals surface area contributed by atoms with Gasteiger partial charge in [0.25, 0.3) is 0 Å². The Labute approximate surface area is 134 Å². The van der Waals surface area contributed by atoms with Gasteiger partial charge in [-0.25, -0.2) is 0 Å². The number of nitrogens with one attached hydrogen (secondary N) is 1. The Bertz CT molecular complexity index is 324. The highest BCUT2D eigenvalue weighted by Gasteiger charge is 2.38. The van der Waals surface area contributed by atoms with Crippen LogP contribution in [0.1, 0.15) is 45.4 Å². The largest absolute Gasteiger partial charge is 0.382 e. The fourth-order valence-electron chi connectivity index (χ4n) is 3.38. The topological polar surface area (TPSA) is 36.9 Å². The van der Waals surface area contributed by atoms with Crippen molar-refractivity contribution < 1.29 is 4.74 Å². The molecule has 1 N–H and O–H groups in total.